The molecule has 4 aromatic rings. The van der Waals surface area contributed by atoms with Crippen LogP contribution in [-0.2, 0) is 6.54 Å². The maximum atomic E-state index is 14.1. The minimum atomic E-state index is -0.804. The van der Waals surface area contributed by atoms with Gasteiger partial charge in [0, 0.05) is 11.6 Å². The van der Waals surface area contributed by atoms with Crippen LogP contribution in [0, 0.1) is 5.82 Å². The zero-order valence-corrected chi connectivity index (χ0v) is 21.9. The number of hydrogen-bond acceptors (Lipinski definition) is 5. The molecule has 1 aliphatic heterocycles. The molecule has 0 fully saturated rings. The second-order valence-electron chi connectivity index (χ2n) is 9.08. The highest BCUT2D eigenvalue weighted by molar-refractivity contribution is 6.31. The monoisotopic (exact) mass is 535 g/mol. The molecule has 0 spiro atoms. The van der Waals surface area contributed by atoms with Crippen molar-refractivity contribution in [2.24, 2.45) is 0 Å². The van der Waals surface area contributed by atoms with Crippen LogP contribution in [0.15, 0.2) is 69.9 Å². The topological polar surface area (TPSA) is 69.0 Å². The van der Waals surface area contributed by atoms with Gasteiger partial charge in [0.05, 0.1) is 30.2 Å². The Bertz CT molecular complexity index is 1570. The molecular formula is C30H27ClFNO5. The van der Waals surface area contributed by atoms with E-state index < -0.39 is 23.2 Å². The molecule has 0 bridgehead atoms. The zero-order valence-electron chi connectivity index (χ0n) is 21.1. The molecule has 1 amide bonds. The highest BCUT2D eigenvalue weighted by Crippen LogP contribution is 2.42. The van der Waals surface area contributed by atoms with Crippen molar-refractivity contribution in [3.8, 4) is 11.5 Å². The molecule has 0 saturated heterocycles. The van der Waals surface area contributed by atoms with E-state index in [2.05, 4.69) is 6.92 Å². The van der Waals surface area contributed by atoms with Crippen molar-refractivity contribution in [1.29, 1.82) is 0 Å². The maximum absolute atomic E-state index is 14.1. The van der Waals surface area contributed by atoms with Crippen molar-refractivity contribution >= 4 is 28.5 Å². The van der Waals surface area contributed by atoms with Gasteiger partial charge in [-0.25, -0.2) is 4.39 Å². The van der Waals surface area contributed by atoms with Gasteiger partial charge in [-0.15, -0.1) is 0 Å². The highest BCUT2D eigenvalue weighted by atomic mass is 35.5. The van der Waals surface area contributed by atoms with E-state index >= 15 is 0 Å². The second-order valence-corrected chi connectivity index (χ2v) is 9.49. The van der Waals surface area contributed by atoms with Crippen molar-refractivity contribution in [2.45, 2.75) is 39.3 Å². The number of halogens is 2. The molecule has 8 heteroatoms. The first kappa shape index (κ1) is 25.8. The van der Waals surface area contributed by atoms with E-state index in [4.69, 9.17) is 25.5 Å². The summed E-state index contributed by atoms with van der Waals surface area (Å²) in [7, 11) is 0. The smallest absolute Gasteiger partial charge is 0.291 e. The number of amides is 1. The largest absolute Gasteiger partial charge is 0.490 e. The standard InChI is InChI=1S/C30H27ClFNO5/c1-3-5-14-37-24-12-10-18(15-25(24)36-4-2)27-26-28(34)21-16-20(32)11-13-23(21)38-29(26)30(35)33(27)17-19-8-6-7-9-22(19)31/h6-13,15-16,27H,3-5,14,17H2,1-2H3. The molecule has 0 saturated carbocycles. The predicted octanol–water partition coefficient (Wildman–Crippen LogP) is 6.91. The van der Waals surface area contributed by atoms with Crippen molar-refractivity contribution in [1.82, 2.24) is 4.90 Å². The lowest BCUT2D eigenvalue weighted by atomic mass is 9.97. The summed E-state index contributed by atoms with van der Waals surface area (Å²) < 4.78 is 31.8. The summed E-state index contributed by atoms with van der Waals surface area (Å²) in [6, 6.07) is 15.5. The zero-order chi connectivity index (χ0) is 26.8. The average molecular weight is 536 g/mol. The molecule has 0 radical (unpaired) electrons. The average Bonchev–Trinajstić information content (AvgIpc) is 3.18. The van der Waals surface area contributed by atoms with Crippen molar-refractivity contribution in [3.05, 3.63) is 104 Å². The molecule has 3 aromatic carbocycles. The van der Waals surface area contributed by atoms with Gasteiger partial charge in [-0.3, -0.25) is 9.59 Å². The van der Waals surface area contributed by atoms with Gasteiger partial charge in [-0.05, 0) is 60.9 Å². The highest BCUT2D eigenvalue weighted by Gasteiger charge is 2.43. The van der Waals surface area contributed by atoms with E-state index in [1.165, 1.54) is 12.1 Å². The van der Waals surface area contributed by atoms with Crippen LogP contribution in [0.3, 0.4) is 0 Å². The third kappa shape index (κ3) is 4.74. The molecule has 5 rings (SSSR count). The van der Waals surface area contributed by atoms with Crippen LogP contribution in [-0.4, -0.2) is 24.0 Å². The summed E-state index contributed by atoms with van der Waals surface area (Å²) >= 11 is 6.44. The van der Waals surface area contributed by atoms with Gasteiger partial charge in [0.2, 0.25) is 5.76 Å². The summed E-state index contributed by atoms with van der Waals surface area (Å²) in [6.45, 7) is 5.04. The van der Waals surface area contributed by atoms with E-state index in [9.17, 15) is 14.0 Å². The van der Waals surface area contributed by atoms with Crippen molar-refractivity contribution in [3.63, 3.8) is 0 Å². The number of nitrogens with zero attached hydrogens (tertiary/aromatic N) is 1. The summed E-state index contributed by atoms with van der Waals surface area (Å²) in [4.78, 5) is 29.0. The molecule has 6 nitrogen and oxygen atoms in total. The number of fused-ring (bicyclic) bond motifs is 2. The van der Waals surface area contributed by atoms with Gasteiger partial charge in [0.25, 0.3) is 5.91 Å². The summed E-state index contributed by atoms with van der Waals surface area (Å²) in [6.07, 6.45) is 1.89. The molecule has 196 valence electrons. The SMILES string of the molecule is CCCCOc1ccc(C2c3c(oc4ccc(F)cc4c3=O)C(=O)N2Cc2ccccc2Cl)cc1OCC. The first-order valence-corrected chi connectivity index (χ1v) is 13.0. The van der Waals surface area contributed by atoms with Crippen LogP contribution in [0.25, 0.3) is 11.0 Å². The number of rotatable bonds is 9. The van der Waals surface area contributed by atoms with Gasteiger partial charge >= 0.3 is 0 Å². The second kappa shape index (κ2) is 10.9. The van der Waals surface area contributed by atoms with E-state index in [0.717, 1.165) is 18.9 Å². The van der Waals surface area contributed by atoms with Crippen LogP contribution < -0.4 is 14.9 Å². The molecule has 1 aliphatic rings. The Morgan fingerprint density at radius 1 is 1.00 bits per heavy atom. The lowest BCUT2D eigenvalue weighted by Gasteiger charge is -2.26. The molecule has 1 unspecified atom stereocenters. The van der Waals surface area contributed by atoms with E-state index in [1.807, 2.05) is 31.2 Å². The van der Waals surface area contributed by atoms with Crippen molar-refractivity contribution < 1.29 is 23.1 Å². The first-order chi connectivity index (χ1) is 18.4. The number of ether oxygens (including phenoxy) is 2. The lowest BCUT2D eigenvalue weighted by molar-refractivity contribution is 0.0714. The summed E-state index contributed by atoms with van der Waals surface area (Å²) in [5, 5.41) is 0.571. The third-order valence-electron chi connectivity index (χ3n) is 6.57. The minimum absolute atomic E-state index is 0.0626. The molecule has 1 aromatic heterocycles. The Morgan fingerprint density at radius 2 is 1.82 bits per heavy atom. The fourth-order valence-corrected chi connectivity index (χ4v) is 4.92. The van der Waals surface area contributed by atoms with Gasteiger partial charge < -0.3 is 18.8 Å². The van der Waals surface area contributed by atoms with Crippen molar-refractivity contribution in [2.75, 3.05) is 13.2 Å². The number of carbonyl (C=O) groups is 1. The van der Waals surface area contributed by atoms with Gasteiger partial charge in [-0.1, -0.05) is 49.2 Å². The Labute approximate surface area is 224 Å². The maximum Gasteiger partial charge on any atom is 0.291 e. The van der Waals surface area contributed by atoms with Gasteiger partial charge in [0.15, 0.2) is 16.9 Å². The Balaban J connectivity index is 1.68. The van der Waals surface area contributed by atoms with Crippen LogP contribution in [0.4, 0.5) is 4.39 Å². The fourth-order valence-electron chi connectivity index (χ4n) is 4.72. The summed E-state index contributed by atoms with van der Waals surface area (Å²) in [5.74, 6) is 0.0161. The molecule has 38 heavy (non-hydrogen) atoms. The quantitative estimate of drug-likeness (QED) is 0.218. The lowest BCUT2D eigenvalue weighted by Crippen LogP contribution is -2.29. The van der Waals surface area contributed by atoms with E-state index in [1.54, 1.807) is 23.1 Å². The molecule has 0 aliphatic carbocycles. The molecule has 2 heterocycles. The Kier molecular flexibility index (Phi) is 7.38. The molecule has 0 N–H and O–H groups in total. The Morgan fingerprint density at radius 3 is 2.58 bits per heavy atom. The van der Waals surface area contributed by atoms with Crippen LogP contribution in [0.2, 0.25) is 5.02 Å². The van der Waals surface area contributed by atoms with Gasteiger partial charge in [0.1, 0.15) is 11.4 Å². The predicted molar refractivity (Wildman–Crippen MR) is 144 cm³/mol. The van der Waals surface area contributed by atoms with Gasteiger partial charge in [-0.2, -0.15) is 0 Å². The number of hydrogen-bond donors (Lipinski definition) is 0. The van der Waals surface area contributed by atoms with E-state index in [-0.39, 0.29) is 28.8 Å². The minimum Gasteiger partial charge on any atom is -0.490 e. The number of carbonyl (C=O) groups excluding carboxylic acids is 1. The normalized spacial score (nSPS) is 14.7. The molecular weight excluding hydrogens is 509 g/mol. The van der Waals surface area contributed by atoms with E-state index in [0.29, 0.717) is 40.9 Å². The van der Waals surface area contributed by atoms with Crippen LogP contribution >= 0.6 is 11.6 Å². The fraction of sp³-hybridized carbons (Fsp3) is 0.267. The van der Waals surface area contributed by atoms with Crippen LogP contribution in [0.1, 0.15) is 60.0 Å². The number of unbranched alkanes of at least 4 members (excludes halogenated alkanes) is 1. The molecule has 1 atom stereocenters. The third-order valence-corrected chi connectivity index (χ3v) is 6.93. The van der Waals surface area contributed by atoms with Crippen LogP contribution in [0.5, 0.6) is 11.5 Å². The number of benzene rings is 3. The Hall–Kier alpha value is -3.84. The first-order valence-electron chi connectivity index (χ1n) is 12.6. The summed E-state index contributed by atoms with van der Waals surface area (Å²) in [5.41, 5.74) is 1.20.